The standard InChI is InChI=1S/C27H32F3N7O4/c1-2-41-23-6-4-17(12-32-23)26(40)9-7-19(8-10-26)36-14-18(15-36)34-22(38)13-33-24-20-11-16(27(28,29)30)3-5-21(20)37(35-24)25(31)39/h3-6,11-12,18-19,40H,2,7-10,13-15H2,1H3,(H2,31,39)(H,33,35)(H,34,38)/t19-,26-. The maximum atomic E-state index is 13.2. The molecule has 2 aromatic heterocycles. The summed E-state index contributed by atoms with van der Waals surface area (Å²) in [5.41, 5.74) is 4.35. The van der Waals surface area contributed by atoms with E-state index < -0.39 is 23.4 Å². The zero-order chi connectivity index (χ0) is 29.4. The molecule has 3 aromatic rings. The summed E-state index contributed by atoms with van der Waals surface area (Å²) < 4.78 is 45.8. The second kappa shape index (κ2) is 11.2. The zero-order valence-corrected chi connectivity index (χ0v) is 22.4. The highest BCUT2D eigenvalue weighted by Crippen LogP contribution is 2.39. The van der Waals surface area contributed by atoms with Crippen molar-refractivity contribution in [2.24, 2.45) is 5.73 Å². The minimum absolute atomic E-state index is 0.0273. The van der Waals surface area contributed by atoms with Crippen LogP contribution in [0.2, 0.25) is 0 Å². The van der Waals surface area contributed by atoms with Crippen LogP contribution in [0, 0.1) is 0 Å². The first-order chi connectivity index (χ1) is 19.5. The fraction of sp³-hybridized carbons (Fsp3) is 0.481. The average Bonchev–Trinajstić information content (AvgIpc) is 3.28. The Morgan fingerprint density at radius 2 is 1.93 bits per heavy atom. The highest BCUT2D eigenvalue weighted by Gasteiger charge is 2.40. The van der Waals surface area contributed by atoms with Crippen LogP contribution in [0.25, 0.3) is 10.9 Å². The number of fused-ring (bicyclic) bond motifs is 1. The van der Waals surface area contributed by atoms with Crippen molar-refractivity contribution in [3.63, 3.8) is 0 Å². The number of amides is 2. The molecule has 0 radical (unpaired) electrons. The number of ether oxygens (including phenoxy) is 1. The lowest BCUT2D eigenvalue weighted by atomic mass is 9.77. The Balaban J connectivity index is 1.11. The molecule has 0 bridgehead atoms. The summed E-state index contributed by atoms with van der Waals surface area (Å²) >= 11 is 0. The second-order valence-corrected chi connectivity index (χ2v) is 10.5. The third-order valence-corrected chi connectivity index (χ3v) is 7.77. The van der Waals surface area contributed by atoms with Crippen LogP contribution < -0.4 is 21.1 Å². The molecule has 0 unspecified atom stereocenters. The number of hydrogen-bond donors (Lipinski definition) is 4. The van der Waals surface area contributed by atoms with E-state index in [1.807, 2.05) is 13.0 Å². The number of carbonyl (C=O) groups is 2. The molecule has 11 nitrogen and oxygen atoms in total. The Morgan fingerprint density at radius 1 is 1.20 bits per heavy atom. The van der Waals surface area contributed by atoms with E-state index in [4.69, 9.17) is 10.5 Å². The van der Waals surface area contributed by atoms with Gasteiger partial charge in [-0.2, -0.15) is 17.9 Å². The molecule has 1 aliphatic carbocycles. The second-order valence-electron chi connectivity index (χ2n) is 10.5. The normalized spacial score (nSPS) is 21.8. The number of halogens is 3. The van der Waals surface area contributed by atoms with Gasteiger partial charge in [-0.15, -0.1) is 5.10 Å². The van der Waals surface area contributed by atoms with E-state index in [1.165, 1.54) is 0 Å². The Kier molecular flexibility index (Phi) is 7.79. The van der Waals surface area contributed by atoms with Crippen LogP contribution in [0.5, 0.6) is 5.88 Å². The number of aromatic nitrogens is 3. The number of hydrogen-bond acceptors (Lipinski definition) is 8. The molecule has 5 N–H and O–H groups in total. The molecule has 1 aliphatic heterocycles. The molecule has 1 saturated heterocycles. The number of likely N-dealkylation sites (tertiary alicyclic amines) is 1. The number of rotatable bonds is 8. The maximum Gasteiger partial charge on any atom is 0.416 e. The molecule has 5 rings (SSSR count). The van der Waals surface area contributed by atoms with E-state index in [0.29, 0.717) is 44.5 Å². The molecule has 0 spiro atoms. The fourth-order valence-electron chi connectivity index (χ4n) is 5.56. The molecular weight excluding hydrogens is 543 g/mol. The summed E-state index contributed by atoms with van der Waals surface area (Å²) in [5.74, 6) is 0.124. The summed E-state index contributed by atoms with van der Waals surface area (Å²) in [6.45, 7) is 3.49. The molecule has 2 aliphatic rings. The topological polar surface area (TPSA) is 148 Å². The summed E-state index contributed by atoms with van der Waals surface area (Å²) in [5, 5.41) is 20.8. The Bertz CT molecular complexity index is 1410. The van der Waals surface area contributed by atoms with Gasteiger partial charge < -0.3 is 26.2 Å². The van der Waals surface area contributed by atoms with Crippen molar-refractivity contribution >= 4 is 28.7 Å². The number of benzene rings is 1. The Hall–Kier alpha value is -3.91. The van der Waals surface area contributed by atoms with Crippen molar-refractivity contribution < 1.29 is 32.6 Å². The van der Waals surface area contributed by atoms with E-state index in [-0.39, 0.29) is 35.2 Å². The van der Waals surface area contributed by atoms with Crippen molar-refractivity contribution in [1.82, 2.24) is 25.0 Å². The van der Waals surface area contributed by atoms with Crippen LogP contribution in [-0.2, 0) is 16.6 Å². The predicted molar refractivity (Wildman–Crippen MR) is 143 cm³/mol. The van der Waals surface area contributed by atoms with Gasteiger partial charge in [-0.3, -0.25) is 9.69 Å². The predicted octanol–water partition coefficient (Wildman–Crippen LogP) is 2.82. The van der Waals surface area contributed by atoms with Crippen molar-refractivity contribution in [2.75, 3.05) is 31.6 Å². The first-order valence-corrected chi connectivity index (χ1v) is 13.5. The Labute approximate surface area is 233 Å². The summed E-state index contributed by atoms with van der Waals surface area (Å²) in [4.78, 5) is 30.8. The third kappa shape index (κ3) is 6.07. The number of primary amides is 1. The van der Waals surface area contributed by atoms with Crippen LogP contribution in [0.3, 0.4) is 0 Å². The number of nitrogens with two attached hydrogens (primary N) is 1. The SMILES string of the molecule is CCOc1ccc([C@]2(O)CC[C@H](N3CC(NC(=O)CNc4nn(C(N)=O)c5ccc(C(F)(F)F)cc45)C3)CC2)cn1. The first kappa shape index (κ1) is 28.6. The van der Waals surface area contributed by atoms with Gasteiger partial charge in [-0.1, -0.05) is 0 Å². The lowest BCUT2D eigenvalue weighted by Gasteiger charge is -2.48. The van der Waals surface area contributed by atoms with Crippen LogP contribution in [-0.4, -0.2) is 75.0 Å². The number of aliphatic hydroxyl groups is 1. The van der Waals surface area contributed by atoms with E-state index in [9.17, 15) is 27.9 Å². The number of carbonyl (C=O) groups excluding carboxylic acids is 2. The van der Waals surface area contributed by atoms with Gasteiger partial charge in [0.15, 0.2) is 5.82 Å². The summed E-state index contributed by atoms with van der Waals surface area (Å²) in [6.07, 6.45) is -0.0927. The van der Waals surface area contributed by atoms with Gasteiger partial charge in [0.2, 0.25) is 11.8 Å². The summed E-state index contributed by atoms with van der Waals surface area (Å²) in [7, 11) is 0. The van der Waals surface area contributed by atoms with Gasteiger partial charge in [0.1, 0.15) is 0 Å². The first-order valence-electron chi connectivity index (χ1n) is 13.5. The number of nitrogens with zero attached hydrogens (tertiary/aromatic N) is 4. The average molecular weight is 576 g/mol. The van der Waals surface area contributed by atoms with Crippen molar-refractivity contribution in [2.45, 2.75) is 56.5 Å². The summed E-state index contributed by atoms with van der Waals surface area (Å²) in [6, 6.07) is 5.71. The molecule has 41 heavy (non-hydrogen) atoms. The van der Waals surface area contributed by atoms with E-state index in [2.05, 4.69) is 25.6 Å². The molecule has 0 atom stereocenters. The van der Waals surface area contributed by atoms with Crippen molar-refractivity contribution in [1.29, 1.82) is 0 Å². The van der Waals surface area contributed by atoms with Crippen LogP contribution >= 0.6 is 0 Å². The maximum absolute atomic E-state index is 13.2. The number of nitrogens with one attached hydrogen (secondary N) is 2. The monoisotopic (exact) mass is 575 g/mol. The molecule has 3 heterocycles. The quantitative estimate of drug-likeness (QED) is 0.321. The minimum atomic E-state index is -4.59. The molecule has 1 saturated carbocycles. The van der Waals surface area contributed by atoms with Gasteiger partial charge in [-0.25, -0.2) is 9.78 Å². The molecular formula is C27H32F3N7O4. The number of pyridine rings is 1. The Morgan fingerprint density at radius 3 is 2.54 bits per heavy atom. The molecule has 2 fully saturated rings. The highest BCUT2D eigenvalue weighted by molar-refractivity contribution is 5.97. The van der Waals surface area contributed by atoms with Crippen molar-refractivity contribution in [3.05, 3.63) is 47.7 Å². The fourth-order valence-corrected chi connectivity index (χ4v) is 5.56. The lowest BCUT2D eigenvalue weighted by molar-refractivity contribution is -0.137. The molecule has 220 valence electrons. The van der Waals surface area contributed by atoms with E-state index >= 15 is 0 Å². The largest absolute Gasteiger partial charge is 0.478 e. The number of anilines is 1. The van der Waals surface area contributed by atoms with Gasteiger partial charge >= 0.3 is 12.2 Å². The third-order valence-electron chi connectivity index (χ3n) is 7.77. The minimum Gasteiger partial charge on any atom is -0.478 e. The van der Waals surface area contributed by atoms with Gasteiger partial charge in [0.05, 0.1) is 35.9 Å². The lowest BCUT2D eigenvalue weighted by Crippen LogP contribution is -2.63. The molecule has 2 amide bonds. The highest BCUT2D eigenvalue weighted by atomic mass is 19.4. The van der Waals surface area contributed by atoms with Crippen molar-refractivity contribution in [3.8, 4) is 5.88 Å². The van der Waals surface area contributed by atoms with Crippen LogP contribution in [0.1, 0.15) is 43.7 Å². The molecule has 1 aromatic carbocycles. The zero-order valence-electron chi connectivity index (χ0n) is 22.4. The van der Waals surface area contributed by atoms with Crippen LogP contribution in [0.4, 0.5) is 23.8 Å². The van der Waals surface area contributed by atoms with Crippen LogP contribution in [0.15, 0.2) is 36.5 Å². The van der Waals surface area contributed by atoms with Gasteiger partial charge in [0.25, 0.3) is 0 Å². The van der Waals surface area contributed by atoms with E-state index in [1.54, 1.807) is 12.3 Å². The van der Waals surface area contributed by atoms with E-state index in [0.717, 1.165) is 41.3 Å². The molecule has 14 heteroatoms. The smallest absolute Gasteiger partial charge is 0.416 e. The van der Waals surface area contributed by atoms with Gasteiger partial charge in [0, 0.05) is 42.3 Å². The number of alkyl halides is 3. The van der Waals surface area contributed by atoms with Gasteiger partial charge in [-0.05, 0) is 56.9 Å².